The van der Waals surface area contributed by atoms with Crippen molar-refractivity contribution in [3.8, 4) is 11.3 Å². The van der Waals surface area contributed by atoms with Crippen molar-refractivity contribution in [2.45, 2.75) is 26.3 Å². The predicted molar refractivity (Wildman–Crippen MR) is 126 cm³/mol. The average Bonchev–Trinajstić information content (AvgIpc) is 3.16. The van der Waals surface area contributed by atoms with E-state index in [1.807, 2.05) is 13.0 Å². The van der Waals surface area contributed by atoms with Gasteiger partial charge in [-0.1, -0.05) is 25.1 Å². The third-order valence-corrected chi connectivity index (χ3v) is 5.25. The summed E-state index contributed by atoms with van der Waals surface area (Å²) in [6.45, 7) is 3.60. The van der Waals surface area contributed by atoms with Crippen LogP contribution in [0.3, 0.4) is 0 Å². The second kappa shape index (κ2) is 9.14. The number of hydrogen-bond acceptors (Lipinski definition) is 6. The van der Waals surface area contributed by atoms with Crippen LogP contribution in [-0.4, -0.2) is 36.9 Å². The number of carboxylic acids is 1. The molecule has 1 atom stereocenters. The van der Waals surface area contributed by atoms with E-state index in [2.05, 4.69) is 25.7 Å². The molecule has 1 unspecified atom stereocenters. The van der Waals surface area contributed by atoms with Gasteiger partial charge < -0.3 is 21.5 Å². The van der Waals surface area contributed by atoms with Crippen molar-refractivity contribution in [3.05, 3.63) is 60.2 Å². The van der Waals surface area contributed by atoms with Gasteiger partial charge in [0.15, 0.2) is 11.7 Å². The number of carboxylic acid groups (broad SMARTS) is 1. The Morgan fingerprint density at radius 1 is 1.18 bits per heavy atom. The standard InChI is InChI=1S/C23H22FN7O3/c1-3-17(22(32)33)31-21-18(20(25)26-11-27-21)19(30-31)13-7-8-16(15(24)10-13)29-23(34)28-14-6-4-5-12(2)9-14/h4-11,17H,3H2,1-2H3,(H,32,33)(H2,25,26,27)(H2,28,29,34). The number of halogens is 1. The van der Waals surface area contributed by atoms with Crippen LogP contribution in [-0.2, 0) is 4.79 Å². The zero-order chi connectivity index (χ0) is 24.4. The molecule has 0 aliphatic carbocycles. The third-order valence-electron chi connectivity index (χ3n) is 5.25. The summed E-state index contributed by atoms with van der Waals surface area (Å²) in [7, 11) is 0. The van der Waals surface area contributed by atoms with E-state index in [9.17, 15) is 19.1 Å². The topological polar surface area (TPSA) is 148 Å². The molecule has 0 saturated heterocycles. The summed E-state index contributed by atoms with van der Waals surface area (Å²) >= 11 is 0. The van der Waals surface area contributed by atoms with Gasteiger partial charge in [0.1, 0.15) is 23.7 Å². The SMILES string of the molecule is CCC(C(=O)O)n1nc(-c2ccc(NC(=O)Nc3cccc(C)c3)c(F)c2)c2c(N)ncnc21. The number of carbonyl (C=O) groups is 2. The minimum atomic E-state index is -1.08. The van der Waals surface area contributed by atoms with Gasteiger partial charge in [0.05, 0.1) is 11.1 Å². The van der Waals surface area contributed by atoms with Crippen molar-refractivity contribution in [1.29, 1.82) is 0 Å². The molecule has 2 heterocycles. The Morgan fingerprint density at radius 2 is 1.97 bits per heavy atom. The van der Waals surface area contributed by atoms with E-state index in [0.29, 0.717) is 16.6 Å². The van der Waals surface area contributed by atoms with Crippen molar-refractivity contribution in [2.24, 2.45) is 0 Å². The summed E-state index contributed by atoms with van der Waals surface area (Å²) in [6, 6.07) is 9.73. The molecule has 0 aliphatic heterocycles. The number of carbonyl (C=O) groups excluding carboxylic acids is 1. The third kappa shape index (κ3) is 4.35. The number of nitrogens with zero attached hydrogens (tertiary/aromatic N) is 4. The van der Waals surface area contributed by atoms with E-state index >= 15 is 0 Å². The molecule has 0 aliphatic rings. The number of aryl methyl sites for hydroxylation is 1. The summed E-state index contributed by atoms with van der Waals surface area (Å²) in [5.74, 6) is -1.70. The largest absolute Gasteiger partial charge is 0.480 e. The number of benzene rings is 2. The molecule has 0 spiro atoms. The summed E-state index contributed by atoms with van der Waals surface area (Å²) < 4.78 is 16.2. The molecule has 11 heteroatoms. The number of aromatic nitrogens is 4. The van der Waals surface area contributed by atoms with Crippen LogP contribution in [0.25, 0.3) is 22.3 Å². The number of nitrogens with two attached hydrogens (primary N) is 1. The highest BCUT2D eigenvalue weighted by atomic mass is 19.1. The molecule has 0 fully saturated rings. The number of aliphatic carboxylic acids is 1. The number of rotatable bonds is 6. The molecule has 2 amide bonds. The fraction of sp³-hybridized carbons (Fsp3) is 0.174. The number of fused-ring (bicyclic) bond motifs is 1. The first-order valence-electron chi connectivity index (χ1n) is 10.4. The molecule has 174 valence electrons. The van der Waals surface area contributed by atoms with Crippen molar-refractivity contribution < 1.29 is 19.1 Å². The van der Waals surface area contributed by atoms with Crippen LogP contribution in [0.15, 0.2) is 48.8 Å². The number of nitrogens with one attached hydrogen (secondary N) is 2. The smallest absolute Gasteiger partial charge is 0.328 e. The summed E-state index contributed by atoms with van der Waals surface area (Å²) in [5.41, 5.74) is 8.33. The minimum Gasteiger partial charge on any atom is -0.480 e. The zero-order valence-electron chi connectivity index (χ0n) is 18.4. The van der Waals surface area contributed by atoms with Crippen molar-refractivity contribution in [1.82, 2.24) is 19.7 Å². The maximum atomic E-state index is 14.9. The maximum Gasteiger partial charge on any atom is 0.328 e. The fourth-order valence-electron chi connectivity index (χ4n) is 3.64. The monoisotopic (exact) mass is 463 g/mol. The van der Waals surface area contributed by atoms with Gasteiger partial charge in [-0.05, 0) is 43.2 Å². The van der Waals surface area contributed by atoms with Crippen LogP contribution in [0, 0.1) is 12.7 Å². The fourth-order valence-corrected chi connectivity index (χ4v) is 3.64. The molecule has 5 N–H and O–H groups in total. The highest BCUT2D eigenvalue weighted by Gasteiger charge is 2.26. The molecule has 4 rings (SSSR count). The molecule has 0 saturated carbocycles. The van der Waals surface area contributed by atoms with Crippen LogP contribution >= 0.6 is 0 Å². The van der Waals surface area contributed by atoms with Crippen LogP contribution in [0.5, 0.6) is 0 Å². The van der Waals surface area contributed by atoms with E-state index < -0.39 is 23.9 Å². The average molecular weight is 463 g/mol. The van der Waals surface area contributed by atoms with Gasteiger partial charge in [-0.2, -0.15) is 5.10 Å². The number of amides is 2. The number of nitrogen functional groups attached to an aromatic ring is 1. The predicted octanol–water partition coefficient (Wildman–Crippen LogP) is 4.20. The van der Waals surface area contributed by atoms with Gasteiger partial charge in [-0.3, -0.25) is 0 Å². The molecular formula is C23H22FN7O3. The van der Waals surface area contributed by atoms with E-state index in [1.54, 1.807) is 31.2 Å². The first-order valence-corrected chi connectivity index (χ1v) is 10.4. The van der Waals surface area contributed by atoms with E-state index in [1.165, 1.54) is 23.1 Å². The lowest BCUT2D eigenvalue weighted by molar-refractivity contribution is -0.141. The second-order valence-electron chi connectivity index (χ2n) is 7.66. The van der Waals surface area contributed by atoms with Gasteiger partial charge in [0.2, 0.25) is 0 Å². The number of urea groups is 1. The lowest BCUT2D eigenvalue weighted by atomic mass is 10.1. The maximum absolute atomic E-state index is 14.9. The minimum absolute atomic E-state index is 0.0427. The molecule has 2 aromatic heterocycles. The van der Waals surface area contributed by atoms with Crippen LogP contribution in [0.1, 0.15) is 24.9 Å². The van der Waals surface area contributed by atoms with E-state index in [-0.39, 0.29) is 29.3 Å². The van der Waals surface area contributed by atoms with Gasteiger partial charge in [-0.25, -0.2) is 28.6 Å². The van der Waals surface area contributed by atoms with Gasteiger partial charge in [0.25, 0.3) is 0 Å². The lowest BCUT2D eigenvalue weighted by Gasteiger charge is -2.11. The van der Waals surface area contributed by atoms with Gasteiger partial charge in [-0.15, -0.1) is 0 Å². The normalized spacial score (nSPS) is 11.9. The Hall–Kier alpha value is -4.54. The molecule has 34 heavy (non-hydrogen) atoms. The quantitative estimate of drug-likeness (QED) is 0.335. The van der Waals surface area contributed by atoms with Crippen LogP contribution < -0.4 is 16.4 Å². The van der Waals surface area contributed by atoms with Crippen LogP contribution in [0.2, 0.25) is 0 Å². The summed E-state index contributed by atoms with van der Waals surface area (Å²) in [5, 5.41) is 19.4. The Kier molecular flexibility index (Phi) is 6.09. The van der Waals surface area contributed by atoms with E-state index in [0.717, 1.165) is 5.56 Å². The molecule has 10 nitrogen and oxygen atoms in total. The molecule has 4 aromatic rings. The molecule has 0 bridgehead atoms. The highest BCUT2D eigenvalue weighted by molar-refractivity contribution is 6.01. The Bertz CT molecular complexity index is 1400. The summed E-state index contributed by atoms with van der Waals surface area (Å²) in [4.78, 5) is 32.1. The van der Waals surface area contributed by atoms with Gasteiger partial charge in [0, 0.05) is 11.3 Å². The molecule has 2 aromatic carbocycles. The number of anilines is 3. The van der Waals surface area contributed by atoms with Crippen molar-refractivity contribution >= 4 is 40.2 Å². The van der Waals surface area contributed by atoms with E-state index in [4.69, 9.17) is 5.73 Å². The highest BCUT2D eigenvalue weighted by Crippen LogP contribution is 2.33. The summed E-state index contributed by atoms with van der Waals surface area (Å²) in [6.07, 6.45) is 1.47. The second-order valence-corrected chi connectivity index (χ2v) is 7.66. The lowest BCUT2D eigenvalue weighted by Crippen LogP contribution is -2.20. The Labute approximate surface area is 193 Å². The zero-order valence-corrected chi connectivity index (χ0v) is 18.4. The molecular weight excluding hydrogens is 441 g/mol. The van der Waals surface area contributed by atoms with Crippen LogP contribution in [0.4, 0.5) is 26.4 Å². The first kappa shape index (κ1) is 22.6. The Balaban J connectivity index is 1.67. The van der Waals surface area contributed by atoms with Crippen molar-refractivity contribution in [2.75, 3.05) is 16.4 Å². The van der Waals surface area contributed by atoms with Crippen molar-refractivity contribution in [3.63, 3.8) is 0 Å². The number of hydrogen-bond donors (Lipinski definition) is 4. The Morgan fingerprint density at radius 3 is 2.65 bits per heavy atom. The molecule has 0 radical (unpaired) electrons. The first-order chi connectivity index (χ1) is 16.3. The van der Waals surface area contributed by atoms with Gasteiger partial charge >= 0.3 is 12.0 Å².